The maximum Gasteiger partial charge on any atom is 0.279 e. The molecule has 1 aromatic heterocycles. The molecule has 0 bridgehead atoms. The van der Waals surface area contributed by atoms with E-state index >= 15 is 0 Å². The van der Waals surface area contributed by atoms with Crippen molar-refractivity contribution in [2.45, 2.75) is 27.3 Å². The van der Waals surface area contributed by atoms with Crippen LogP contribution in [0, 0.1) is 26.6 Å². The number of aryl methyl sites for hydroxylation is 2. The highest BCUT2D eigenvalue weighted by molar-refractivity contribution is 5.92. The number of carbonyl (C=O) groups excluding carboxylic acids is 1. The Bertz CT molecular complexity index is 961. The van der Waals surface area contributed by atoms with E-state index in [2.05, 4.69) is 10.4 Å². The Labute approximate surface area is 164 Å². The second-order valence-electron chi connectivity index (χ2n) is 7.28. The topological polar surface area (TPSA) is 51.4 Å². The molecule has 1 heterocycles. The maximum atomic E-state index is 13.0. The Hall–Kier alpha value is -2.99. The summed E-state index contributed by atoms with van der Waals surface area (Å²) in [7, 11) is 1.94. The van der Waals surface area contributed by atoms with Gasteiger partial charge in [0.05, 0.1) is 29.8 Å². The lowest BCUT2D eigenvalue weighted by Gasteiger charge is -2.14. The third kappa shape index (κ3) is 4.64. The molecule has 2 aromatic carbocycles. The van der Waals surface area contributed by atoms with Gasteiger partial charge in [-0.15, -0.1) is 0 Å². The van der Waals surface area contributed by atoms with Gasteiger partial charge in [-0.1, -0.05) is 29.8 Å². The van der Waals surface area contributed by atoms with Gasteiger partial charge in [-0.25, -0.2) is 9.07 Å². The molecule has 0 aliphatic rings. The molecule has 0 aliphatic carbocycles. The number of quaternary nitrogens is 1. The largest absolute Gasteiger partial charge is 0.326 e. The zero-order valence-electron chi connectivity index (χ0n) is 16.7. The molecule has 3 aromatic rings. The summed E-state index contributed by atoms with van der Waals surface area (Å²) in [4.78, 5) is 13.6. The molecule has 0 saturated heterocycles. The second-order valence-corrected chi connectivity index (χ2v) is 7.28. The molecule has 0 radical (unpaired) electrons. The van der Waals surface area contributed by atoms with Crippen molar-refractivity contribution in [3.8, 4) is 5.69 Å². The fourth-order valence-corrected chi connectivity index (χ4v) is 3.23. The SMILES string of the molecule is Cc1ccc(-n2nc(C)c(NC(=O)C[NH+](C)Cc3ccc(F)cc3)c2C)cc1. The van der Waals surface area contributed by atoms with E-state index < -0.39 is 0 Å². The van der Waals surface area contributed by atoms with Gasteiger partial charge in [-0.05, 0) is 45.0 Å². The van der Waals surface area contributed by atoms with E-state index in [1.807, 2.05) is 56.8 Å². The number of nitrogens with one attached hydrogen (secondary N) is 2. The van der Waals surface area contributed by atoms with Crippen molar-refractivity contribution in [2.75, 3.05) is 18.9 Å². The quantitative estimate of drug-likeness (QED) is 0.690. The van der Waals surface area contributed by atoms with E-state index in [1.165, 1.54) is 17.7 Å². The molecule has 1 unspecified atom stereocenters. The predicted octanol–water partition coefficient (Wildman–Crippen LogP) is 2.59. The van der Waals surface area contributed by atoms with Crippen molar-refractivity contribution in [2.24, 2.45) is 0 Å². The number of aromatic nitrogens is 2. The first kappa shape index (κ1) is 19.8. The molecule has 1 atom stereocenters. The number of carbonyl (C=O) groups is 1. The summed E-state index contributed by atoms with van der Waals surface area (Å²) in [5, 5.41) is 7.58. The smallest absolute Gasteiger partial charge is 0.279 e. The molecule has 0 saturated carbocycles. The third-order valence-electron chi connectivity index (χ3n) is 4.72. The van der Waals surface area contributed by atoms with Crippen LogP contribution in [0.15, 0.2) is 48.5 Å². The van der Waals surface area contributed by atoms with Gasteiger partial charge >= 0.3 is 0 Å². The van der Waals surface area contributed by atoms with Crippen LogP contribution in [0.4, 0.5) is 10.1 Å². The fourth-order valence-electron chi connectivity index (χ4n) is 3.23. The number of nitrogens with zero attached hydrogens (tertiary/aromatic N) is 2. The molecule has 0 fully saturated rings. The van der Waals surface area contributed by atoms with Crippen LogP contribution in [0.5, 0.6) is 0 Å². The summed E-state index contributed by atoms with van der Waals surface area (Å²) in [5.41, 5.74) is 5.57. The van der Waals surface area contributed by atoms with E-state index in [1.54, 1.807) is 12.1 Å². The zero-order chi connectivity index (χ0) is 20.3. The van der Waals surface area contributed by atoms with Crippen LogP contribution in [-0.4, -0.2) is 29.3 Å². The Morgan fingerprint density at radius 2 is 1.71 bits per heavy atom. The lowest BCUT2D eigenvalue weighted by molar-refractivity contribution is -0.885. The number of benzene rings is 2. The zero-order valence-corrected chi connectivity index (χ0v) is 16.7. The lowest BCUT2D eigenvalue weighted by atomic mass is 10.2. The molecule has 28 heavy (non-hydrogen) atoms. The monoisotopic (exact) mass is 381 g/mol. The molecular formula is C22H26FN4O+. The molecule has 146 valence electrons. The summed E-state index contributed by atoms with van der Waals surface area (Å²) in [6.07, 6.45) is 0. The first-order valence-electron chi connectivity index (χ1n) is 9.32. The van der Waals surface area contributed by atoms with Crippen LogP contribution >= 0.6 is 0 Å². The number of hydrogen-bond acceptors (Lipinski definition) is 2. The predicted molar refractivity (Wildman–Crippen MR) is 108 cm³/mol. The van der Waals surface area contributed by atoms with Gasteiger partial charge in [-0.2, -0.15) is 5.10 Å². The average molecular weight is 381 g/mol. The van der Waals surface area contributed by atoms with Crippen LogP contribution in [0.3, 0.4) is 0 Å². The summed E-state index contributed by atoms with van der Waals surface area (Å²) in [5.74, 6) is -0.329. The summed E-state index contributed by atoms with van der Waals surface area (Å²) >= 11 is 0. The minimum absolute atomic E-state index is 0.0748. The minimum Gasteiger partial charge on any atom is -0.326 e. The number of halogens is 1. The van der Waals surface area contributed by atoms with Crippen molar-refractivity contribution in [1.29, 1.82) is 0 Å². The third-order valence-corrected chi connectivity index (χ3v) is 4.72. The molecule has 0 spiro atoms. The lowest BCUT2D eigenvalue weighted by Crippen LogP contribution is -3.08. The minimum atomic E-state index is -0.254. The highest BCUT2D eigenvalue weighted by Gasteiger charge is 2.17. The van der Waals surface area contributed by atoms with Gasteiger partial charge in [0.1, 0.15) is 12.4 Å². The van der Waals surface area contributed by atoms with Crippen molar-refractivity contribution in [1.82, 2.24) is 9.78 Å². The van der Waals surface area contributed by atoms with Gasteiger partial charge in [0.25, 0.3) is 5.91 Å². The summed E-state index contributed by atoms with van der Waals surface area (Å²) in [6, 6.07) is 14.5. The Morgan fingerprint density at radius 1 is 1.07 bits per heavy atom. The fraction of sp³-hybridized carbons (Fsp3) is 0.273. The Balaban J connectivity index is 1.66. The van der Waals surface area contributed by atoms with Crippen molar-refractivity contribution in [3.63, 3.8) is 0 Å². The van der Waals surface area contributed by atoms with Crippen molar-refractivity contribution < 1.29 is 14.1 Å². The van der Waals surface area contributed by atoms with Crippen LogP contribution in [0.1, 0.15) is 22.5 Å². The van der Waals surface area contributed by atoms with Crippen molar-refractivity contribution in [3.05, 3.63) is 76.9 Å². The molecule has 6 heteroatoms. The van der Waals surface area contributed by atoms with Crippen LogP contribution in [0.2, 0.25) is 0 Å². The number of amides is 1. The summed E-state index contributed by atoms with van der Waals surface area (Å²) in [6.45, 7) is 6.84. The molecule has 1 amide bonds. The van der Waals surface area contributed by atoms with E-state index in [9.17, 15) is 9.18 Å². The number of anilines is 1. The van der Waals surface area contributed by atoms with Crippen LogP contribution in [-0.2, 0) is 11.3 Å². The van der Waals surface area contributed by atoms with E-state index in [0.717, 1.165) is 33.2 Å². The maximum absolute atomic E-state index is 13.0. The normalized spacial score (nSPS) is 12.0. The number of rotatable bonds is 6. The highest BCUT2D eigenvalue weighted by Crippen LogP contribution is 2.22. The van der Waals surface area contributed by atoms with Crippen LogP contribution in [0.25, 0.3) is 5.69 Å². The first-order valence-corrected chi connectivity index (χ1v) is 9.32. The summed E-state index contributed by atoms with van der Waals surface area (Å²) < 4.78 is 14.9. The van der Waals surface area contributed by atoms with Gasteiger partial charge in [-0.3, -0.25) is 4.79 Å². The van der Waals surface area contributed by atoms with Gasteiger partial charge < -0.3 is 10.2 Å². The highest BCUT2D eigenvalue weighted by atomic mass is 19.1. The number of hydrogen-bond donors (Lipinski definition) is 2. The van der Waals surface area contributed by atoms with Crippen LogP contribution < -0.4 is 10.2 Å². The van der Waals surface area contributed by atoms with E-state index in [-0.39, 0.29) is 11.7 Å². The van der Waals surface area contributed by atoms with Gasteiger partial charge in [0, 0.05) is 5.56 Å². The molecule has 3 rings (SSSR count). The number of likely N-dealkylation sites (N-methyl/N-ethyl adjacent to an activating group) is 1. The second kappa shape index (κ2) is 8.35. The van der Waals surface area contributed by atoms with Gasteiger partial charge in [0.15, 0.2) is 6.54 Å². The van der Waals surface area contributed by atoms with E-state index in [0.29, 0.717) is 13.1 Å². The molecule has 5 nitrogen and oxygen atoms in total. The molecular weight excluding hydrogens is 355 g/mol. The first-order chi connectivity index (χ1) is 13.3. The van der Waals surface area contributed by atoms with Crippen molar-refractivity contribution >= 4 is 11.6 Å². The molecule has 0 aliphatic heterocycles. The Morgan fingerprint density at radius 3 is 2.36 bits per heavy atom. The Kier molecular flexibility index (Phi) is 5.90. The molecule has 2 N–H and O–H groups in total. The van der Waals surface area contributed by atoms with E-state index in [4.69, 9.17) is 0 Å². The standard InChI is InChI=1S/C22H25FN4O/c1-15-5-11-20(12-6-15)27-17(3)22(16(2)25-27)24-21(28)14-26(4)13-18-7-9-19(23)10-8-18/h5-12H,13-14H2,1-4H3,(H,24,28)/p+1. The average Bonchev–Trinajstić information content (AvgIpc) is 2.92. The van der Waals surface area contributed by atoms with Gasteiger partial charge in [0.2, 0.25) is 0 Å².